The Hall–Kier alpha value is -1.59. The molecule has 1 aromatic rings. The van der Waals surface area contributed by atoms with Crippen LogP contribution in [-0.4, -0.2) is 45.9 Å². The van der Waals surface area contributed by atoms with Gasteiger partial charge < -0.3 is 19.7 Å². The van der Waals surface area contributed by atoms with Gasteiger partial charge in [-0.2, -0.15) is 0 Å². The number of rotatable bonds is 6. The predicted molar refractivity (Wildman–Crippen MR) is 81.3 cm³/mol. The number of hydrogen-bond donors (Lipinski definition) is 1. The van der Waals surface area contributed by atoms with Crippen LogP contribution in [0.2, 0.25) is 0 Å². The Labute approximate surface area is 120 Å². The SMILES string of the molecule is CN=CNC(C)OCc1cccc(N2CCOCC2)c1. The first kappa shape index (κ1) is 14.8. The summed E-state index contributed by atoms with van der Waals surface area (Å²) in [4.78, 5) is 6.22. The van der Waals surface area contributed by atoms with Crippen molar-refractivity contribution in [3.8, 4) is 0 Å². The lowest BCUT2D eigenvalue weighted by Crippen LogP contribution is -2.36. The molecule has 20 heavy (non-hydrogen) atoms. The first-order valence-electron chi connectivity index (χ1n) is 6.99. The molecular formula is C15H23N3O2. The molecule has 0 radical (unpaired) electrons. The van der Waals surface area contributed by atoms with Crippen LogP contribution in [-0.2, 0) is 16.1 Å². The zero-order valence-corrected chi connectivity index (χ0v) is 12.2. The molecule has 1 N–H and O–H groups in total. The van der Waals surface area contributed by atoms with E-state index in [4.69, 9.17) is 9.47 Å². The highest BCUT2D eigenvalue weighted by Gasteiger charge is 2.11. The van der Waals surface area contributed by atoms with Crippen LogP contribution in [0.5, 0.6) is 0 Å². The quantitative estimate of drug-likeness (QED) is 0.488. The van der Waals surface area contributed by atoms with Crippen molar-refractivity contribution in [2.45, 2.75) is 19.8 Å². The molecule has 110 valence electrons. The van der Waals surface area contributed by atoms with E-state index in [0.29, 0.717) is 6.61 Å². The van der Waals surface area contributed by atoms with Crippen molar-refractivity contribution in [2.75, 3.05) is 38.3 Å². The lowest BCUT2D eigenvalue weighted by molar-refractivity contribution is 0.0445. The second-order valence-corrected chi connectivity index (χ2v) is 4.78. The normalized spacial score (nSPS) is 17.4. The molecule has 5 nitrogen and oxygen atoms in total. The highest BCUT2D eigenvalue weighted by atomic mass is 16.5. The molecule has 1 aromatic carbocycles. The molecule has 1 saturated heterocycles. The number of aliphatic imine (C=N–C) groups is 1. The van der Waals surface area contributed by atoms with Crippen LogP contribution in [0.4, 0.5) is 5.69 Å². The molecule has 0 amide bonds. The summed E-state index contributed by atoms with van der Waals surface area (Å²) in [6.07, 6.45) is 1.60. The third-order valence-corrected chi connectivity index (χ3v) is 3.23. The van der Waals surface area contributed by atoms with E-state index in [-0.39, 0.29) is 6.23 Å². The van der Waals surface area contributed by atoms with E-state index in [0.717, 1.165) is 26.3 Å². The van der Waals surface area contributed by atoms with Gasteiger partial charge in [-0.3, -0.25) is 4.99 Å². The molecule has 1 aliphatic rings. The molecule has 1 fully saturated rings. The molecular weight excluding hydrogens is 254 g/mol. The average Bonchev–Trinajstić information content (AvgIpc) is 2.52. The number of nitrogens with zero attached hydrogens (tertiary/aromatic N) is 2. The third kappa shape index (κ3) is 4.51. The van der Waals surface area contributed by atoms with Gasteiger partial charge in [0, 0.05) is 25.8 Å². The number of anilines is 1. The van der Waals surface area contributed by atoms with E-state index < -0.39 is 0 Å². The fourth-order valence-corrected chi connectivity index (χ4v) is 2.11. The molecule has 0 saturated carbocycles. The minimum atomic E-state index is -0.0502. The van der Waals surface area contributed by atoms with Crippen molar-refractivity contribution in [3.05, 3.63) is 29.8 Å². The summed E-state index contributed by atoms with van der Waals surface area (Å²) in [5.74, 6) is 0. The van der Waals surface area contributed by atoms with E-state index in [1.54, 1.807) is 13.4 Å². The van der Waals surface area contributed by atoms with Crippen molar-refractivity contribution in [3.63, 3.8) is 0 Å². The van der Waals surface area contributed by atoms with Crippen LogP contribution in [0.25, 0.3) is 0 Å². The molecule has 1 atom stereocenters. The maximum Gasteiger partial charge on any atom is 0.125 e. The van der Waals surface area contributed by atoms with E-state index >= 15 is 0 Å². The number of nitrogens with one attached hydrogen (secondary N) is 1. The Morgan fingerprint density at radius 1 is 1.45 bits per heavy atom. The summed E-state index contributed by atoms with van der Waals surface area (Å²) in [6, 6.07) is 8.49. The number of morpholine rings is 1. The van der Waals surface area contributed by atoms with Crippen molar-refractivity contribution < 1.29 is 9.47 Å². The van der Waals surface area contributed by atoms with Gasteiger partial charge in [0.15, 0.2) is 0 Å². The van der Waals surface area contributed by atoms with Crippen LogP contribution in [0.1, 0.15) is 12.5 Å². The Kier molecular flexibility index (Phi) is 5.83. The monoisotopic (exact) mass is 277 g/mol. The molecule has 1 unspecified atom stereocenters. The fraction of sp³-hybridized carbons (Fsp3) is 0.533. The summed E-state index contributed by atoms with van der Waals surface area (Å²) >= 11 is 0. The lowest BCUT2D eigenvalue weighted by atomic mass is 10.2. The Morgan fingerprint density at radius 2 is 2.25 bits per heavy atom. The highest BCUT2D eigenvalue weighted by Crippen LogP contribution is 2.18. The summed E-state index contributed by atoms with van der Waals surface area (Å²) in [6.45, 7) is 6.07. The molecule has 1 aliphatic heterocycles. The van der Waals surface area contributed by atoms with Crippen LogP contribution in [0.15, 0.2) is 29.3 Å². The van der Waals surface area contributed by atoms with Gasteiger partial charge in [-0.15, -0.1) is 0 Å². The standard InChI is InChI=1S/C15H23N3O2/c1-13(17-12-16-2)20-11-14-4-3-5-15(10-14)18-6-8-19-9-7-18/h3-5,10,12-13H,6-9,11H2,1-2H3,(H,16,17). The van der Waals surface area contributed by atoms with Crippen LogP contribution in [0, 0.1) is 0 Å². The van der Waals surface area contributed by atoms with E-state index in [1.165, 1.54) is 11.3 Å². The Bertz CT molecular complexity index is 431. The van der Waals surface area contributed by atoms with Gasteiger partial charge >= 0.3 is 0 Å². The number of ether oxygens (including phenoxy) is 2. The summed E-state index contributed by atoms with van der Waals surface area (Å²) in [5.41, 5.74) is 2.42. The van der Waals surface area contributed by atoms with E-state index in [2.05, 4.69) is 39.5 Å². The van der Waals surface area contributed by atoms with Crippen molar-refractivity contribution in [1.82, 2.24) is 5.32 Å². The largest absolute Gasteiger partial charge is 0.378 e. The Morgan fingerprint density at radius 3 is 3.00 bits per heavy atom. The van der Waals surface area contributed by atoms with Crippen molar-refractivity contribution >= 4 is 12.0 Å². The fourth-order valence-electron chi connectivity index (χ4n) is 2.11. The first-order valence-corrected chi connectivity index (χ1v) is 6.99. The maximum absolute atomic E-state index is 5.73. The van der Waals surface area contributed by atoms with E-state index in [9.17, 15) is 0 Å². The highest BCUT2D eigenvalue weighted by molar-refractivity contribution is 5.54. The molecule has 2 rings (SSSR count). The number of benzene rings is 1. The third-order valence-electron chi connectivity index (χ3n) is 3.23. The van der Waals surface area contributed by atoms with E-state index in [1.807, 2.05) is 6.92 Å². The summed E-state index contributed by atoms with van der Waals surface area (Å²) in [7, 11) is 1.73. The van der Waals surface area contributed by atoms with Crippen molar-refractivity contribution in [1.29, 1.82) is 0 Å². The topological polar surface area (TPSA) is 46.1 Å². The average molecular weight is 277 g/mol. The first-order chi connectivity index (χ1) is 9.79. The van der Waals surface area contributed by atoms with Gasteiger partial charge in [0.1, 0.15) is 6.23 Å². The molecule has 0 aromatic heterocycles. The Balaban J connectivity index is 1.88. The minimum Gasteiger partial charge on any atom is -0.378 e. The molecule has 1 heterocycles. The van der Waals surface area contributed by atoms with Gasteiger partial charge in [0.2, 0.25) is 0 Å². The van der Waals surface area contributed by atoms with Gasteiger partial charge in [-0.05, 0) is 24.6 Å². The molecule has 0 spiro atoms. The maximum atomic E-state index is 5.73. The van der Waals surface area contributed by atoms with Crippen LogP contribution >= 0.6 is 0 Å². The summed E-state index contributed by atoms with van der Waals surface area (Å²) < 4.78 is 11.1. The van der Waals surface area contributed by atoms with Crippen LogP contribution < -0.4 is 10.2 Å². The summed E-state index contributed by atoms with van der Waals surface area (Å²) in [5, 5.41) is 3.04. The number of hydrogen-bond acceptors (Lipinski definition) is 4. The van der Waals surface area contributed by atoms with Crippen molar-refractivity contribution in [2.24, 2.45) is 4.99 Å². The molecule has 0 aliphatic carbocycles. The molecule has 0 bridgehead atoms. The minimum absolute atomic E-state index is 0.0502. The predicted octanol–water partition coefficient (Wildman–Crippen LogP) is 1.63. The lowest BCUT2D eigenvalue weighted by Gasteiger charge is -2.29. The second kappa shape index (κ2) is 7.87. The van der Waals surface area contributed by atoms with Gasteiger partial charge in [0.25, 0.3) is 0 Å². The van der Waals surface area contributed by atoms with Gasteiger partial charge in [0.05, 0.1) is 26.2 Å². The van der Waals surface area contributed by atoms with Gasteiger partial charge in [-0.1, -0.05) is 12.1 Å². The zero-order valence-electron chi connectivity index (χ0n) is 12.2. The zero-order chi connectivity index (χ0) is 14.2. The smallest absolute Gasteiger partial charge is 0.125 e. The van der Waals surface area contributed by atoms with Gasteiger partial charge in [-0.25, -0.2) is 0 Å². The second-order valence-electron chi connectivity index (χ2n) is 4.78. The molecule has 5 heteroatoms. The van der Waals surface area contributed by atoms with Crippen LogP contribution in [0.3, 0.4) is 0 Å².